The van der Waals surface area contributed by atoms with Crippen LogP contribution in [0.25, 0.3) is 0 Å². The molecule has 0 aliphatic rings. The summed E-state index contributed by atoms with van der Waals surface area (Å²) in [6, 6.07) is 3.88. The summed E-state index contributed by atoms with van der Waals surface area (Å²) < 4.78 is 38.7. The van der Waals surface area contributed by atoms with E-state index in [-0.39, 0.29) is 6.54 Å². The minimum atomic E-state index is -4.42. The van der Waals surface area contributed by atoms with Crippen LogP contribution in [0.3, 0.4) is 0 Å². The number of aliphatic hydroxyl groups is 1. The predicted octanol–water partition coefficient (Wildman–Crippen LogP) is 3.56. The second-order valence-electron chi connectivity index (χ2n) is 5.28. The summed E-state index contributed by atoms with van der Waals surface area (Å²) in [5.74, 6) is 0. The molecule has 6 heteroatoms. The Morgan fingerprint density at radius 2 is 1.76 bits per heavy atom. The van der Waals surface area contributed by atoms with Gasteiger partial charge in [0, 0.05) is 6.20 Å². The van der Waals surface area contributed by atoms with Crippen molar-refractivity contribution in [2.24, 2.45) is 0 Å². The van der Waals surface area contributed by atoms with Crippen molar-refractivity contribution in [3.8, 4) is 0 Å². The van der Waals surface area contributed by atoms with Crippen molar-refractivity contribution < 1.29 is 18.3 Å². The van der Waals surface area contributed by atoms with Crippen LogP contribution < -0.4 is 0 Å². The molecule has 0 amide bonds. The van der Waals surface area contributed by atoms with Gasteiger partial charge in [0.1, 0.15) is 0 Å². The van der Waals surface area contributed by atoms with E-state index in [1.165, 1.54) is 0 Å². The number of halogens is 3. The quantitative estimate of drug-likeness (QED) is 0.941. The summed E-state index contributed by atoms with van der Waals surface area (Å²) in [7, 11) is 0. The standard InChI is InChI=1S/C15H17F3N2O/c1-9-4-10(2)14(11(3)5-9)13(21)8-20-7-12(6-19-20)15(16,17)18/h4-7,13,21H,8H2,1-3H3. The topological polar surface area (TPSA) is 38.0 Å². The van der Waals surface area contributed by atoms with Gasteiger partial charge in [-0.25, -0.2) is 0 Å². The minimum absolute atomic E-state index is 0.0131. The van der Waals surface area contributed by atoms with E-state index in [4.69, 9.17) is 0 Å². The normalized spacial score (nSPS) is 13.5. The summed E-state index contributed by atoms with van der Waals surface area (Å²) in [5.41, 5.74) is 2.85. The zero-order chi connectivity index (χ0) is 15.8. The first-order valence-electron chi connectivity index (χ1n) is 6.54. The Hall–Kier alpha value is -1.82. The molecule has 1 atom stereocenters. The van der Waals surface area contributed by atoms with Crippen LogP contribution in [0, 0.1) is 20.8 Å². The van der Waals surface area contributed by atoms with E-state index in [0.29, 0.717) is 0 Å². The van der Waals surface area contributed by atoms with Crippen molar-refractivity contribution in [3.63, 3.8) is 0 Å². The third-order valence-electron chi connectivity index (χ3n) is 3.39. The van der Waals surface area contributed by atoms with E-state index in [1.807, 2.05) is 32.9 Å². The molecule has 0 bridgehead atoms. The maximum absolute atomic E-state index is 12.5. The minimum Gasteiger partial charge on any atom is -0.386 e. The van der Waals surface area contributed by atoms with Gasteiger partial charge < -0.3 is 5.11 Å². The first-order chi connectivity index (χ1) is 9.68. The Bertz CT molecular complexity index is 624. The summed E-state index contributed by atoms with van der Waals surface area (Å²) >= 11 is 0. The molecule has 0 radical (unpaired) electrons. The number of benzene rings is 1. The van der Waals surface area contributed by atoms with Crippen molar-refractivity contribution in [1.29, 1.82) is 0 Å². The fourth-order valence-corrected chi connectivity index (χ4v) is 2.60. The van der Waals surface area contributed by atoms with Crippen LogP contribution in [0.2, 0.25) is 0 Å². The molecule has 3 nitrogen and oxygen atoms in total. The maximum atomic E-state index is 12.5. The molecule has 2 rings (SSSR count). The van der Waals surface area contributed by atoms with Crippen LogP contribution in [-0.2, 0) is 12.7 Å². The molecule has 1 heterocycles. The van der Waals surface area contributed by atoms with E-state index in [2.05, 4.69) is 5.10 Å². The number of aromatic nitrogens is 2. The number of aliphatic hydroxyl groups excluding tert-OH is 1. The molecular formula is C15H17F3N2O. The van der Waals surface area contributed by atoms with Crippen LogP contribution in [0.4, 0.5) is 13.2 Å². The van der Waals surface area contributed by atoms with Gasteiger partial charge in [-0.1, -0.05) is 17.7 Å². The summed E-state index contributed by atoms with van der Waals surface area (Å²) in [6.07, 6.45) is -3.64. The fourth-order valence-electron chi connectivity index (χ4n) is 2.60. The van der Waals surface area contributed by atoms with Crippen molar-refractivity contribution in [3.05, 3.63) is 52.3 Å². The molecule has 0 saturated heterocycles. The number of nitrogens with zero attached hydrogens (tertiary/aromatic N) is 2. The van der Waals surface area contributed by atoms with Gasteiger partial charge in [0.25, 0.3) is 0 Å². The molecule has 1 aromatic heterocycles. The van der Waals surface area contributed by atoms with Gasteiger partial charge in [-0.2, -0.15) is 18.3 Å². The van der Waals surface area contributed by atoms with Crippen LogP contribution in [-0.4, -0.2) is 14.9 Å². The zero-order valence-corrected chi connectivity index (χ0v) is 12.1. The smallest absolute Gasteiger partial charge is 0.386 e. The lowest BCUT2D eigenvalue weighted by atomic mass is 9.95. The van der Waals surface area contributed by atoms with Gasteiger partial charge >= 0.3 is 6.18 Å². The van der Waals surface area contributed by atoms with Crippen LogP contribution in [0.1, 0.15) is 33.9 Å². The second kappa shape index (κ2) is 5.52. The third kappa shape index (κ3) is 3.44. The van der Waals surface area contributed by atoms with Gasteiger partial charge in [0.15, 0.2) is 0 Å². The van der Waals surface area contributed by atoms with E-state index in [0.717, 1.165) is 39.3 Å². The number of hydrogen-bond donors (Lipinski definition) is 1. The second-order valence-corrected chi connectivity index (χ2v) is 5.28. The number of aryl methyl sites for hydroxylation is 3. The summed E-state index contributed by atoms with van der Waals surface area (Å²) in [6.45, 7) is 5.70. The molecule has 1 aromatic carbocycles. The van der Waals surface area contributed by atoms with Crippen LogP contribution in [0.5, 0.6) is 0 Å². The molecule has 1 unspecified atom stereocenters. The monoisotopic (exact) mass is 298 g/mol. The van der Waals surface area contributed by atoms with E-state index in [9.17, 15) is 18.3 Å². The SMILES string of the molecule is Cc1cc(C)c(C(O)Cn2cc(C(F)(F)F)cn2)c(C)c1. The van der Waals surface area contributed by atoms with Crippen LogP contribution >= 0.6 is 0 Å². The predicted molar refractivity (Wildman–Crippen MR) is 72.8 cm³/mol. The molecule has 0 fully saturated rings. The number of alkyl halides is 3. The van der Waals surface area contributed by atoms with E-state index in [1.54, 1.807) is 0 Å². The molecule has 1 N–H and O–H groups in total. The maximum Gasteiger partial charge on any atom is 0.419 e. The average molecular weight is 298 g/mol. The Morgan fingerprint density at radius 1 is 1.19 bits per heavy atom. The van der Waals surface area contributed by atoms with Gasteiger partial charge in [-0.05, 0) is 37.5 Å². The van der Waals surface area contributed by atoms with E-state index >= 15 is 0 Å². The van der Waals surface area contributed by atoms with Gasteiger partial charge in [-0.15, -0.1) is 0 Å². The Morgan fingerprint density at radius 3 is 2.24 bits per heavy atom. The van der Waals surface area contributed by atoms with Crippen molar-refractivity contribution in [1.82, 2.24) is 9.78 Å². The summed E-state index contributed by atoms with van der Waals surface area (Å²) in [5, 5.41) is 14.0. The fraction of sp³-hybridized carbons (Fsp3) is 0.400. The Kier molecular flexibility index (Phi) is 4.09. The lowest BCUT2D eigenvalue weighted by Crippen LogP contribution is -2.12. The molecule has 21 heavy (non-hydrogen) atoms. The molecule has 0 aliphatic heterocycles. The highest BCUT2D eigenvalue weighted by Crippen LogP contribution is 2.29. The zero-order valence-electron chi connectivity index (χ0n) is 12.1. The lowest BCUT2D eigenvalue weighted by molar-refractivity contribution is -0.137. The molecule has 2 aromatic rings. The van der Waals surface area contributed by atoms with Crippen LogP contribution in [0.15, 0.2) is 24.5 Å². The molecule has 0 aliphatic carbocycles. The highest BCUT2D eigenvalue weighted by Gasteiger charge is 2.32. The molecule has 0 spiro atoms. The Labute approximate surface area is 121 Å². The highest BCUT2D eigenvalue weighted by atomic mass is 19.4. The Balaban J connectivity index is 2.22. The highest BCUT2D eigenvalue weighted by molar-refractivity contribution is 5.38. The first-order valence-corrected chi connectivity index (χ1v) is 6.54. The lowest BCUT2D eigenvalue weighted by Gasteiger charge is -2.17. The molecule has 0 saturated carbocycles. The van der Waals surface area contributed by atoms with Crippen molar-refractivity contribution >= 4 is 0 Å². The van der Waals surface area contributed by atoms with Gasteiger partial charge in [0.05, 0.1) is 24.4 Å². The molecule has 114 valence electrons. The number of hydrogen-bond acceptors (Lipinski definition) is 2. The molecular weight excluding hydrogens is 281 g/mol. The van der Waals surface area contributed by atoms with E-state index < -0.39 is 17.8 Å². The first kappa shape index (κ1) is 15.6. The summed E-state index contributed by atoms with van der Waals surface area (Å²) in [4.78, 5) is 0. The van der Waals surface area contributed by atoms with Gasteiger partial charge in [0.2, 0.25) is 0 Å². The van der Waals surface area contributed by atoms with Crippen molar-refractivity contribution in [2.45, 2.75) is 39.6 Å². The third-order valence-corrected chi connectivity index (χ3v) is 3.39. The van der Waals surface area contributed by atoms with Gasteiger partial charge in [-0.3, -0.25) is 4.68 Å². The number of rotatable bonds is 3. The average Bonchev–Trinajstić information content (AvgIpc) is 2.75. The largest absolute Gasteiger partial charge is 0.419 e. The van der Waals surface area contributed by atoms with Crippen molar-refractivity contribution in [2.75, 3.05) is 0 Å².